The summed E-state index contributed by atoms with van der Waals surface area (Å²) in [5.74, 6) is -2.46. The number of rotatable bonds is 4. The van der Waals surface area contributed by atoms with Crippen molar-refractivity contribution in [1.29, 1.82) is 0 Å². The fourth-order valence-corrected chi connectivity index (χ4v) is 2.90. The molecule has 0 aliphatic carbocycles. The molecule has 3 rings (SSSR count). The van der Waals surface area contributed by atoms with Gasteiger partial charge in [0.1, 0.15) is 22.8 Å². The predicted molar refractivity (Wildman–Crippen MR) is 79.9 cm³/mol. The first kappa shape index (κ1) is 16.1. The third-order valence-corrected chi connectivity index (χ3v) is 4.18. The van der Waals surface area contributed by atoms with Crippen molar-refractivity contribution in [3.05, 3.63) is 58.6 Å². The van der Waals surface area contributed by atoms with Gasteiger partial charge in [-0.3, -0.25) is 4.98 Å². The van der Waals surface area contributed by atoms with Crippen LogP contribution in [0.3, 0.4) is 0 Å². The summed E-state index contributed by atoms with van der Waals surface area (Å²) in [5, 5.41) is 2.74. The zero-order chi connectivity index (χ0) is 16.4. The Bertz CT molecular complexity index is 708. The van der Waals surface area contributed by atoms with Crippen LogP contribution in [0.2, 0.25) is 5.02 Å². The number of nitrogens with zero attached hydrogens (tertiary/aromatic N) is 1. The highest BCUT2D eigenvalue weighted by molar-refractivity contribution is 6.32. The monoisotopic (exact) mass is 342 g/mol. The van der Waals surface area contributed by atoms with Crippen LogP contribution >= 0.6 is 11.6 Å². The van der Waals surface area contributed by atoms with Gasteiger partial charge in [0.25, 0.3) is 0 Å². The topological polar surface area (TPSA) is 34.1 Å². The van der Waals surface area contributed by atoms with Gasteiger partial charge in [0.15, 0.2) is 11.6 Å². The van der Waals surface area contributed by atoms with Crippen molar-refractivity contribution >= 4 is 11.6 Å². The second-order valence-corrected chi connectivity index (χ2v) is 5.78. The average molecular weight is 343 g/mol. The van der Waals surface area contributed by atoms with Crippen LogP contribution in [0.5, 0.6) is 5.75 Å². The molecule has 7 heteroatoms. The molecule has 122 valence electrons. The van der Waals surface area contributed by atoms with E-state index >= 15 is 0 Å². The summed E-state index contributed by atoms with van der Waals surface area (Å²) in [6, 6.07) is 3.16. The van der Waals surface area contributed by atoms with Crippen LogP contribution in [0.1, 0.15) is 18.1 Å². The molecule has 2 atom stereocenters. The quantitative estimate of drug-likeness (QED) is 0.856. The summed E-state index contributed by atoms with van der Waals surface area (Å²) in [7, 11) is 0. The van der Waals surface area contributed by atoms with Gasteiger partial charge in [0, 0.05) is 24.2 Å². The van der Waals surface area contributed by atoms with Crippen LogP contribution in [-0.4, -0.2) is 18.1 Å². The van der Waals surface area contributed by atoms with E-state index in [9.17, 15) is 13.2 Å². The number of benzene rings is 1. The first-order chi connectivity index (χ1) is 11.1. The minimum atomic E-state index is -0.774. The number of ether oxygens (including phenoxy) is 1. The van der Waals surface area contributed by atoms with E-state index in [0.29, 0.717) is 12.1 Å². The van der Waals surface area contributed by atoms with E-state index in [0.717, 1.165) is 31.3 Å². The molecule has 1 fully saturated rings. The largest absolute Gasteiger partial charge is 0.481 e. The highest BCUT2D eigenvalue weighted by atomic mass is 35.5. The molecular formula is C16H14ClF3N2O. The maximum absolute atomic E-state index is 14.0. The Kier molecular flexibility index (Phi) is 4.73. The number of hydrogen-bond acceptors (Lipinski definition) is 3. The molecule has 3 nitrogen and oxygen atoms in total. The molecular weight excluding hydrogens is 329 g/mol. The first-order valence-electron chi connectivity index (χ1n) is 7.17. The van der Waals surface area contributed by atoms with Crippen molar-refractivity contribution in [1.82, 2.24) is 10.3 Å². The van der Waals surface area contributed by atoms with Crippen molar-refractivity contribution in [2.75, 3.05) is 13.1 Å². The lowest BCUT2D eigenvalue weighted by Gasteiger charge is -2.25. The Morgan fingerprint density at radius 3 is 2.70 bits per heavy atom. The minimum absolute atomic E-state index is 0.0302. The molecule has 0 radical (unpaired) electrons. The SMILES string of the molecule is Fc1cncc(C(Oc2c(F)ccc(F)c2Cl)[C@H]2CCNC2)c1. The van der Waals surface area contributed by atoms with Crippen LogP contribution < -0.4 is 10.1 Å². The van der Waals surface area contributed by atoms with E-state index in [2.05, 4.69) is 10.3 Å². The number of nitrogens with one attached hydrogen (secondary N) is 1. The lowest BCUT2D eigenvalue weighted by molar-refractivity contribution is 0.137. The van der Waals surface area contributed by atoms with E-state index in [1.54, 1.807) is 0 Å². The standard InChI is InChI=1S/C16H14ClF3N2O/c17-14-12(19)1-2-13(20)16(14)23-15(9-3-4-21-6-9)10-5-11(18)8-22-7-10/h1-2,5,7-9,15,21H,3-4,6H2/t9-,15?/m0/s1. The van der Waals surface area contributed by atoms with Crippen LogP contribution in [0, 0.1) is 23.4 Å². The summed E-state index contributed by atoms with van der Waals surface area (Å²) in [4.78, 5) is 3.80. The van der Waals surface area contributed by atoms with Crippen molar-refractivity contribution < 1.29 is 17.9 Å². The molecule has 1 N–H and O–H groups in total. The smallest absolute Gasteiger partial charge is 0.177 e. The van der Waals surface area contributed by atoms with Gasteiger partial charge in [-0.1, -0.05) is 11.6 Å². The third kappa shape index (κ3) is 3.43. The molecule has 1 aliphatic rings. The van der Waals surface area contributed by atoms with Gasteiger partial charge in [0.2, 0.25) is 0 Å². The second kappa shape index (κ2) is 6.76. The van der Waals surface area contributed by atoms with Gasteiger partial charge >= 0.3 is 0 Å². The zero-order valence-electron chi connectivity index (χ0n) is 12.0. The van der Waals surface area contributed by atoms with Gasteiger partial charge in [-0.25, -0.2) is 13.2 Å². The first-order valence-corrected chi connectivity index (χ1v) is 7.55. The Labute approximate surface area is 136 Å². The second-order valence-electron chi connectivity index (χ2n) is 5.40. The maximum atomic E-state index is 14.0. The Hall–Kier alpha value is -1.79. The average Bonchev–Trinajstić information content (AvgIpc) is 3.05. The van der Waals surface area contributed by atoms with Gasteiger partial charge in [0.05, 0.1) is 6.20 Å². The van der Waals surface area contributed by atoms with Crippen LogP contribution in [0.25, 0.3) is 0 Å². The molecule has 0 bridgehead atoms. The highest BCUT2D eigenvalue weighted by Crippen LogP contribution is 2.37. The van der Waals surface area contributed by atoms with Crippen molar-refractivity contribution in [2.24, 2.45) is 5.92 Å². The molecule has 1 unspecified atom stereocenters. The molecule has 0 saturated carbocycles. The number of hydrogen-bond donors (Lipinski definition) is 1. The number of aromatic nitrogens is 1. The zero-order valence-corrected chi connectivity index (χ0v) is 12.8. The van der Waals surface area contributed by atoms with Crippen LogP contribution in [0.4, 0.5) is 13.2 Å². The van der Waals surface area contributed by atoms with E-state index in [-0.39, 0.29) is 11.7 Å². The Morgan fingerprint density at radius 2 is 2.00 bits per heavy atom. The normalized spacial score (nSPS) is 18.9. The lowest BCUT2D eigenvalue weighted by Crippen LogP contribution is -2.22. The molecule has 2 aromatic rings. The van der Waals surface area contributed by atoms with Crippen molar-refractivity contribution in [3.8, 4) is 5.75 Å². The van der Waals surface area contributed by atoms with Gasteiger partial charge < -0.3 is 10.1 Å². The molecule has 1 aromatic heterocycles. The van der Waals surface area contributed by atoms with E-state index in [4.69, 9.17) is 16.3 Å². The van der Waals surface area contributed by atoms with E-state index in [1.165, 1.54) is 12.3 Å². The van der Waals surface area contributed by atoms with Crippen LogP contribution in [0.15, 0.2) is 30.6 Å². The summed E-state index contributed by atoms with van der Waals surface area (Å²) >= 11 is 5.82. The molecule has 2 heterocycles. The molecule has 0 amide bonds. The Morgan fingerprint density at radius 1 is 1.22 bits per heavy atom. The lowest BCUT2D eigenvalue weighted by atomic mass is 9.96. The molecule has 1 aliphatic heterocycles. The predicted octanol–water partition coefficient (Wildman–Crippen LogP) is 3.88. The van der Waals surface area contributed by atoms with Crippen molar-refractivity contribution in [3.63, 3.8) is 0 Å². The molecule has 1 aromatic carbocycles. The van der Waals surface area contributed by atoms with Crippen LogP contribution in [-0.2, 0) is 0 Å². The third-order valence-electron chi connectivity index (χ3n) is 3.83. The fourth-order valence-electron chi connectivity index (χ4n) is 2.70. The summed E-state index contributed by atoms with van der Waals surface area (Å²) < 4.78 is 46.8. The minimum Gasteiger partial charge on any atom is -0.481 e. The Balaban J connectivity index is 1.98. The molecule has 0 spiro atoms. The highest BCUT2D eigenvalue weighted by Gasteiger charge is 2.30. The summed E-state index contributed by atoms with van der Waals surface area (Å²) in [5.41, 5.74) is 0.457. The van der Waals surface area contributed by atoms with Gasteiger partial charge in [-0.05, 0) is 31.2 Å². The van der Waals surface area contributed by atoms with E-state index in [1.807, 2.05) is 0 Å². The summed E-state index contributed by atoms with van der Waals surface area (Å²) in [6.07, 6.45) is 2.61. The number of pyridine rings is 1. The maximum Gasteiger partial charge on any atom is 0.177 e. The number of halogens is 4. The van der Waals surface area contributed by atoms with Crippen molar-refractivity contribution in [2.45, 2.75) is 12.5 Å². The van der Waals surface area contributed by atoms with Gasteiger partial charge in [-0.15, -0.1) is 0 Å². The molecule has 1 saturated heterocycles. The fraction of sp³-hybridized carbons (Fsp3) is 0.312. The van der Waals surface area contributed by atoms with E-state index < -0.39 is 28.6 Å². The molecule has 23 heavy (non-hydrogen) atoms. The summed E-state index contributed by atoms with van der Waals surface area (Å²) in [6.45, 7) is 1.39. The van der Waals surface area contributed by atoms with Gasteiger partial charge in [-0.2, -0.15) is 0 Å².